The van der Waals surface area contributed by atoms with Crippen LogP contribution in [0.2, 0.25) is 0 Å². The molecule has 2 heteroatoms. The molecule has 0 bridgehead atoms. The van der Waals surface area contributed by atoms with E-state index in [0.29, 0.717) is 12.2 Å². The normalized spacial score (nSPS) is 10.7. The predicted octanol–water partition coefficient (Wildman–Crippen LogP) is 4.51. The summed E-state index contributed by atoms with van der Waals surface area (Å²) >= 11 is 0. The molecule has 0 aliphatic rings. The maximum absolute atomic E-state index is 11.5. The van der Waals surface area contributed by atoms with Crippen molar-refractivity contribution in [3.63, 3.8) is 0 Å². The second-order valence-electron chi connectivity index (χ2n) is 4.29. The third-order valence-electron chi connectivity index (χ3n) is 2.63. The van der Waals surface area contributed by atoms with Crippen molar-refractivity contribution in [2.45, 2.75) is 45.4 Å². The number of hydrogen-bond donors (Lipinski definition) is 0. The van der Waals surface area contributed by atoms with Crippen LogP contribution in [-0.4, -0.2) is 5.97 Å². The molecule has 0 aromatic heterocycles. The van der Waals surface area contributed by atoms with E-state index in [4.69, 9.17) is 4.74 Å². The smallest absolute Gasteiger partial charge is 0.311 e. The molecule has 2 nitrogen and oxygen atoms in total. The summed E-state index contributed by atoms with van der Waals surface area (Å²) in [5.41, 5.74) is 0. The minimum atomic E-state index is -0.167. The summed E-state index contributed by atoms with van der Waals surface area (Å²) < 4.78 is 5.19. The van der Waals surface area contributed by atoms with Gasteiger partial charge >= 0.3 is 5.97 Å². The first-order chi connectivity index (χ1) is 8.83. The first-order valence-electron chi connectivity index (χ1n) is 6.73. The highest BCUT2D eigenvalue weighted by molar-refractivity contribution is 5.72. The zero-order valence-corrected chi connectivity index (χ0v) is 11.1. The van der Waals surface area contributed by atoms with E-state index in [-0.39, 0.29) is 5.97 Å². The summed E-state index contributed by atoms with van der Waals surface area (Å²) in [4.78, 5) is 11.5. The number of hydrogen-bond acceptors (Lipinski definition) is 2. The molecule has 1 rings (SSSR count). The Morgan fingerprint density at radius 3 is 2.56 bits per heavy atom. The van der Waals surface area contributed by atoms with E-state index >= 15 is 0 Å². The number of rotatable bonds is 8. The number of esters is 1. The number of carbonyl (C=O) groups excluding carboxylic acids is 1. The summed E-state index contributed by atoms with van der Waals surface area (Å²) in [5.74, 6) is 0.453. The molecule has 0 spiro atoms. The van der Waals surface area contributed by atoms with Gasteiger partial charge in [0.15, 0.2) is 0 Å². The molecule has 0 amide bonds. The molecule has 0 saturated heterocycles. The lowest BCUT2D eigenvalue weighted by molar-refractivity contribution is -0.134. The van der Waals surface area contributed by atoms with Crippen molar-refractivity contribution < 1.29 is 9.53 Å². The van der Waals surface area contributed by atoms with E-state index in [1.54, 1.807) is 12.1 Å². The molecule has 0 unspecified atom stereocenters. The van der Waals surface area contributed by atoms with E-state index in [1.807, 2.05) is 18.2 Å². The topological polar surface area (TPSA) is 26.3 Å². The highest BCUT2D eigenvalue weighted by atomic mass is 16.5. The van der Waals surface area contributed by atoms with Gasteiger partial charge in [-0.25, -0.2) is 0 Å². The van der Waals surface area contributed by atoms with Crippen LogP contribution in [0.15, 0.2) is 42.5 Å². The van der Waals surface area contributed by atoms with Crippen LogP contribution >= 0.6 is 0 Å². The van der Waals surface area contributed by atoms with Gasteiger partial charge in [0.25, 0.3) is 0 Å². The number of ether oxygens (including phenoxy) is 1. The largest absolute Gasteiger partial charge is 0.427 e. The van der Waals surface area contributed by atoms with Gasteiger partial charge in [0.05, 0.1) is 0 Å². The minimum absolute atomic E-state index is 0.167. The molecule has 0 aliphatic carbocycles. The molecular formula is C16H22O2. The molecule has 0 radical (unpaired) electrons. The van der Waals surface area contributed by atoms with Crippen molar-refractivity contribution in [3.8, 4) is 5.75 Å². The van der Waals surface area contributed by atoms with Gasteiger partial charge in [-0.3, -0.25) is 4.79 Å². The Labute approximate surface area is 110 Å². The summed E-state index contributed by atoms with van der Waals surface area (Å²) in [5, 5.41) is 0. The number of carbonyl (C=O) groups is 1. The number of unbranched alkanes of at least 4 members (excludes halogenated alkanes) is 3. The fourth-order valence-electron chi connectivity index (χ4n) is 1.62. The Kier molecular flexibility index (Phi) is 7.61. The van der Waals surface area contributed by atoms with Crippen LogP contribution in [-0.2, 0) is 4.79 Å². The van der Waals surface area contributed by atoms with Crippen LogP contribution in [0, 0.1) is 0 Å². The number of allylic oxidation sites excluding steroid dienone is 2. The molecular weight excluding hydrogens is 224 g/mol. The summed E-state index contributed by atoms with van der Waals surface area (Å²) in [6.07, 6.45) is 10.3. The van der Waals surface area contributed by atoms with E-state index < -0.39 is 0 Å². The lowest BCUT2D eigenvalue weighted by Gasteiger charge is -2.02. The van der Waals surface area contributed by atoms with Crippen molar-refractivity contribution >= 4 is 5.97 Å². The van der Waals surface area contributed by atoms with E-state index in [0.717, 1.165) is 12.8 Å². The Hall–Kier alpha value is -1.57. The van der Waals surface area contributed by atoms with Gasteiger partial charge < -0.3 is 4.74 Å². The van der Waals surface area contributed by atoms with Crippen molar-refractivity contribution in [3.05, 3.63) is 42.5 Å². The van der Waals surface area contributed by atoms with Crippen LogP contribution in [0.25, 0.3) is 0 Å². The Morgan fingerprint density at radius 1 is 1.11 bits per heavy atom. The fraction of sp³-hybridized carbons (Fsp3) is 0.438. The van der Waals surface area contributed by atoms with Gasteiger partial charge in [-0.2, -0.15) is 0 Å². The van der Waals surface area contributed by atoms with Gasteiger partial charge in [0, 0.05) is 6.42 Å². The van der Waals surface area contributed by atoms with Crippen LogP contribution in [0.3, 0.4) is 0 Å². The van der Waals surface area contributed by atoms with Crippen LogP contribution in [0.5, 0.6) is 5.75 Å². The quantitative estimate of drug-likeness (QED) is 0.292. The van der Waals surface area contributed by atoms with E-state index in [2.05, 4.69) is 19.1 Å². The maximum atomic E-state index is 11.5. The number of para-hydroxylation sites is 1. The summed E-state index contributed by atoms with van der Waals surface area (Å²) in [7, 11) is 0. The van der Waals surface area contributed by atoms with Crippen molar-refractivity contribution in [2.75, 3.05) is 0 Å². The molecule has 0 saturated carbocycles. The molecule has 98 valence electrons. The van der Waals surface area contributed by atoms with Gasteiger partial charge in [-0.15, -0.1) is 0 Å². The first kappa shape index (κ1) is 14.5. The monoisotopic (exact) mass is 246 g/mol. The standard InChI is InChI=1S/C16H22O2/c1-2-3-4-5-6-7-11-14-16(17)18-15-12-9-8-10-13-15/h6-10,12-13H,2-5,11,14H2,1H3. The molecule has 0 aliphatic heterocycles. The van der Waals surface area contributed by atoms with Gasteiger partial charge in [-0.1, -0.05) is 50.1 Å². The average molecular weight is 246 g/mol. The summed E-state index contributed by atoms with van der Waals surface area (Å²) in [6.45, 7) is 2.20. The molecule has 1 aromatic rings. The van der Waals surface area contributed by atoms with Crippen molar-refractivity contribution in [2.24, 2.45) is 0 Å². The van der Waals surface area contributed by atoms with Crippen molar-refractivity contribution in [1.29, 1.82) is 0 Å². The van der Waals surface area contributed by atoms with Crippen LogP contribution < -0.4 is 4.74 Å². The minimum Gasteiger partial charge on any atom is -0.427 e. The second kappa shape index (κ2) is 9.46. The SMILES string of the molecule is CCCCCC=CCCC(=O)Oc1ccccc1. The number of benzene rings is 1. The highest BCUT2D eigenvalue weighted by Crippen LogP contribution is 2.10. The fourth-order valence-corrected chi connectivity index (χ4v) is 1.62. The Balaban J connectivity index is 2.10. The molecule has 0 N–H and O–H groups in total. The van der Waals surface area contributed by atoms with E-state index in [9.17, 15) is 4.79 Å². The lowest BCUT2D eigenvalue weighted by Crippen LogP contribution is -2.06. The maximum Gasteiger partial charge on any atom is 0.311 e. The third kappa shape index (κ3) is 6.89. The molecule has 0 fully saturated rings. The van der Waals surface area contributed by atoms with Gasteiger partial charge in [-0.05, 0) is 31.4 Å². The third-order valence-corrected chi connectivity index (χ3v) is 2.63. The van der Waals surface area contributed by atoms with Crippen LogP contribution in [0.1, 0.15) is 45.4 Å². The Bertz CT molecular complexity index is 355. The molecule has 1 aromatic carbocycles. The van der Waals surface area contributed by atoms with Gasteiger partial charge in [0.1, 0.15) is 5.75 Å². The summed E-state index contributed by atoms with van der Waals surface area (Å²) in [6, 6.07) is 9.19. The average Bonchev–Trinajstić information content (AvgIpc) is 2.39. The molecule has 0 atom stereocenters. The lowest BCUT2D eigenvalue weighted by atomic mass is 10.2. The van der Waals surface area contributed by atoms with Crippen LogP contribution in [0.4, 0.5) is 0 Å². The van der Waals surface area contributed by atoms with Crippen molar-refractivity contribution in [1.82, 2.24) is 0 Å². The zero-order valence-electron chi connectivity index (χ0n) is 11.1. The molecule has 18 heavy (non-hydrogen) atoms. The highest BCUT2D eigenvalue weighted by Gasteiger charge is 2.02. The van der Waals surface area contributed by atoms with Gasteiger partial charge in [0.2, 0.25) is 0 Å². The first-order valence-corrected chi connectivity index (χ1v) is 6.73. The molecule has 0 heterocycles. The predicted molar refractivity (Wildman–Crippen MR) is 74.6 cm³/mol. The second-order valence-corrected chi connectivity index (χ2v) is 4.29. The Morgan fingerprint density at radius 2 is 1.83 bits per heavy atom. The van der Waals surface area contributed by atoms with E-state index in [1.165, 1.54) is 19.3 Å². The zero-order chi connectivity index (χ0) is 13.1.